The molecule has 0 unspecified atom stereocenters. The Bertz CT molecular complexity index is 1500. The lowest BCUT2D eigenvalue weighted by atomic mass is 10.1. The highest BCUT2D eigenvalue weighted by Gasteiger charge is 2.29. The van der Waals surface area contributed by atoms with Crippen LogP contribution in [-0.4, -0.2) is 65.9 Å². The Kier molecular flexibility index (Phi) is 6.55. The van der Waals surface area contributed by atoms with Gasteiger partial charge in [-0.1, -0.05) is 18.2 Å². The normalized spacial score (nSPS) is 15.2. The molecule has 1 aliphatic heterocycles. The minimum absolute atomic E-state index is 0.449. The maximum Gasteiger partial charge on any atom is 0.245 e. The Morgan fingerprint density at radius 1 is 0.892 bits per heavy atom. The van der Waals surface area contributed by atoms with Crippen LogP contribution in [0.3, 0.4) is 0 Å². The molecule has 10 heteroatoms. The molecule has 0 amide bonds. The highest BCUT2D eigenvalue weighted by molar-refractivity contribution is 7.94. The molecule has 0 bridgehead atoms. The van der Waals surface area contributed by atoms with E-state index in [2.05, 4.69) is 44.0 Å². The number of hydrogen-bond donors (Lipinski definition) is 2. The first kappa shape index (κ1) is 25.0. The molecular formula is C27H33N7O2S. The van der Waals surface area contributed by atoms with Gasteiger partial charge in [0.2, 0.25) is 16.0 Å². The number of benzene rings is 2. The van der Waals surface area contributed by atoms with Crippen LogP contribution in [0.1, 0.15) is 20.8 Å². The first-order valence-corrected chi connectivity index (χ1v) is 13.9. The second kappa shape index (κ2) is 9.68. The molecule has 4 aromatic rings. The van der Waals surface area contributed by atoms with Gasteiger partial charge in [0.15, 0.2) is 0 Å². The van der Waals surface area contributed by atoms with E-state index in [0.717, 1.165) is 48.6 Å². The molecule has 194 valence electrons. The first-order chi connectivity index (χ1) is 17.6. The number of anilines is 4. The lowest BCUT2D eigenvalue weighted by Crippen LogP contribution is -2.44. The highest BCUT2D eigenvalue weighted by atomic mass is 32.2. The van der Waals surface area contributed by atoms with Crippen molar-refractivity contribution in [3.8, 4) is 11.3 Å². The molecule has 2 aromatic heterocycles. The number of rotatable bonds is 6. The van der Waals surface area contributed by atoms with Crippen LogP contribution in [0.25, 0.3) is 16.8 Å². The zero-order valence-electron chi connectivity index (χ0n) is 21.6. The second-order valence-electron chi connectivity index (χ2n) is 10.4. The molecule has 37 heavy (non-hydrogen) atoms. The first-order valence-electron chi connectivity index (χ1n) is 12.4. The molecule has 0 saturated carbocycles. The van der Waals surface area contributed by atoms with Crippen LogP contribution in [0.5, 0.6) is 0 Å². The Balaban J connectivity index is 1.41. The van der Waals surface area contributed by atoms with Crippen molar-refractivity contribution < 1.29 is 8.42 Å². The maximum absolute atomic E-state index is 12.8. The summed E-state index contributed by atoms with van der Waals surface area (Å²) >= 11 is 0. The van der Waals surface area contributed by atoms with Crippen molar-refractivity contribution in [3.63, 3.8) is 0 Å². The van der Waals surface area contributed by atoms with Gasteiger partial charge in [-0.15, -0.1) is 5.10 Å². The van der Waals surface area contributed by atoms with Gasteiger partial charge in [-0.25, -0.2) is 17.9 Å². The van der Waals surface area contributed by atoms with Crippen molar-refractivity contribution in [2.45, 2.75) is 25.5 Å². The molecule has 1 fully saturated rings. The highest BCUT2D eigenvalue weighted by Crippen LogP contribution is 2.32. The van der Waals surface area contributed by atoms with Gasteiger partial charge in [0.1, 0.15) is 0 Å². The average molecular weight is 520 g/mol. The summed E-state index contributed by atoms with van der Waals surface area (Å²) in [7, 11) is -1.44. The maximum atomic E-state index is 12.8. The second-order valence-corrected chi connectivity index (χ2v) is 12.8. The molecule has 1 aliphatic rings. The molecule has 2 N–H and O–H groups in total. The van der Waals surface area contributed by atoms with Crippen molar-refractivity contribution in [2.75, 3.05) is 48.2 Å². The van der Waals surface area contributed by atoms with Crippen molar-refractivity contribution in [1.29, 1.82) is 0 Å². The van der Waals surface area contributed by atoms with Gasteiger partial charge in [-0.2, -0.15) is 0 Å². The van der Waals surface area contributed by atoms with Crippen LogP contribution < -0.4 is 14.9 Å². The molecule has 9 nitrogen and oxygen atoms in total. The number of para-hydroxylation sites is 1. The summed E-state index contributed by atoms with van der Waals surface area (Å²) in [4.78, 5) is 9.21. The van der Waals surface area contributed by atoms with Gasteiger partial charge in [-0.05, 0) is 70.3 Å². The lowest BCUT2D eigenvalue weighted by molar-refractivity contribution is 0.313. The lowest BCUT2D eigenvalue weighted by Gasteiger charge is -2.34. The van der Waals surface area contributed by atoms with Crippen LogP contribution in [0, 0.1) is 0 Å². The fourth-order valence-corrected chi connectivity index (χ4v) is 4.98. The molecule has 1 saturated heterocycles. The van der Waals surface area contributed by atoms with Crippen molar-refractivity contribution in [3.05, 3.63) is 66.9 Å². The van der Waals surface area contributed by atoms with Gasteiger partial charge >= 0.3 is 0 Å². The van der Waals surface area contributed by atoms with Crippen LogP contribution >= 0.6 is 0 Å². The number of nitrogens with one attached hydrogen (secondary N) is 2. The van der Waals surface area contributed by atoms with Crippen LogP contribution in [0.15, 0.2) is 66.9 Å². The molecular weight excluding hydrogens is 486 g/mol. The van der Waals surface area contributed by atoms with Gasteiger partial charge in [0.05, 0.1) is 27.8 Å². The molecule has 5 rings (SSSR count). The van der Waals surface area contributed by atoms with E-state index in [-0.39, 0.29) is 0 Å². The van der Waals surface area contributed by atoms with Crippen molar-refractivity contribution >= 4 is 38.6 Å². The summed E-state index contributed by atoms with van der Waals surface area (Å²) in [6.45, 7) is 9.19. The van der Waals surface area contributed by atoms with E-state index in [9.17, 15) is 8.42 Å². The smallest absolute Gasteiger partial charge is 0.245 e. The van der Waals surface area contributed by atoms with E-state index in [0.29, 0.717) is 11.6 Å². The van der Waals surface area contributed by atoms with Gasteiger partial charge < -0.3 is 15.1 Å². The van der Waals surface area contributed by atoms with Gasteiger partial charge in [0, 0.05) is 43.1 Å². The average Bonchev–Trinajstić information content (AvgIpc) is 3.28. The monoisotopic (exact) mass is 519 g/mol. The topological polar surface area (TPSA) is 94.9 Å². The third-order valence-electron chi connectivity index (χ3n) is 6.64. The van der Waals surface area contributed by atoms with Crippen LogP contribution in [-0.2, 0) is 10.0 Å². The fraction of sp³-hybridized carbons (Fsp3) is 0.333. The summed E-state index contributed by atoms with van der Waals surface area (Å²) in [5, 5.41) is 8.01. The number of hydrogen-bond acceptors (Lipinski definition) is 7. The van der Waals surface area contributed by atoms with E-state index in [1.54, 1.807) is 37.5 Å². The molecule has 0 atom stereocenters. The fourth-order valence-electron chi connectivity index (χ4n) is 4.21. The number of sulfonamides is 1. The summed E-state index contributed by atoms with van der Waals surface area (Å²) < 4.78 is 29.3. The number of aromatic nitrogens is 3. The molecule has 0 radical (unpaired) electrons. The molecule has 3 heterocycles. The summed E-state index contributed by atoms with van der Waals surface area (Å²) in [5.74, 6) is 0.449. The minimum atomic E-state index is -3.59. The van der Waals surface area contributed by atoms with Crippen molar-refractivity contribution in [1.82, 2.24) is 19.5 Å². The predicted octanol–water partition coefficient (Wildman–Crippen LogP) is 4.43. The van der Waals surface area contributed by atoms with Gasteiger partial charge in [0.25, 0.3) is 0 Å². The van der Waals surface area contributed by atoms with E-state index < -0.39 is 14.8 Å². The largest absolute Gasteiger partial charge is 0.369 e. The SMILES string of the molecule is CN1CCN(c2ccc(Nc3ncc4ccc(-c5ccccc5NS(=O)(=O)C(C)(C)C)n4n3)cc2)CC1. The van der Waals surface area contributed by atoms with Crippen molar-refractivity contribution in [2.24, 2.45) is 0 Å². The quantitative estimate of drug-likeness (QED) is 0.389. The predicted molar refractivity (Wildman–Crippen MR) is 150 cm³/mol. The van der Waals surface area contributed by atoms with Crippen LogP contribution in [0.4, 0.5) is 23.0 Å². The number of piperazine rings is 1. The third-order valence-corrected chi connectivity index (χ3v) is 8.74. The number of likely N-dealkylation sites (N-methyl/N-ethyl adjacent to an activating group) is 1. The van der Waals surface area contributed by atoms with E-state index in [4.69, 9.17) is 5.10 Å². The molecule has 2 aromatic carbocycles. The Morgan fingerprint density at radius 2 is 1.59 bits per heavy atom. The zero-order chi connectivity index (χ0) is 26.2. The third kappa shape index (κ3) is 5.26. The Labute approximate surface area is 218 Å². The summed E-state index contributed by atoms with van der Waals surface area (Å²) in [6, 6.07) is 19.5. The van der Waals surface area contributed by atoms with E-state index in [1.165, 1.54) is 5.69 Å². The molecule has 0 aliphatic carbocycles. The summed E-state index contributed by atoms with van der Waals surface area (Å²) in [5.41, 5.74) is 4.90. The number of nitrogens with zero attached hydrogens (tertiary/aromatic N) is 5. The Morgan fingerprint density at radius 3 is 2.30 bits per heavy atom. The van der Waals surface area contributed by atoms with E-state index >= 15 is 0 Å². The van der Waals surface area contributed by atoms with Gasteiger partial charge in [-0.3, -0.25) is 4.72 Å². The minimum Gasteiger partial charge on any atom is -0.369 e. The number of fused-ring (bicyclic) bond motifs is 1. The van der Waals surface area contributed by atoms with E-state index in [1.807, 2.05) is 42.5 Å². The Hall–Kier alpha value is -3.63. The zero-order valence-corrected chi connectivity index (χ0v) is 22.5. The van der Waals surface area contributed by atoms with Crippen LogP contribution in [0.2, 0.25) is 0 Å². The standard InChI is InChI=1S/C27H33N7O2S/c1-27(2,3)37(35,36)31-24-8-6-5-7-23(24)25-14-13-22-19-28-26(30-34(22)25)29-20-9-11-21(12-10-20)33-17-15-32(4)16-18-33/h5-14,19,31H,15-18H2,1-4H3,(H,29,30). The summed E-state index contributed by atoms with van der Waals surface area (Å²) in [6.07, 6.45) is 1.75. The molecule has 0 spiro atoms.